The Labute approximate surface area is 154 Å². The van der Waals surface area contributed by atoms with Crippen LogP contribution >= 0.6 is 0 Å². The van der Waals surface area contributed by atoms with Crippen molar-refractivity contribution in [3.8, 4) is 0 Å². The lowest BCUT2D eigenvalue weighted by Crippen LogP contribution is -2.53. The first-order valence-electron chi connectivity index (χ1n) is 9.35. The summed E-state index contributed by atoms with van der Waals surface area (Å²) in [5.41, 5.74) is 1.18. The molecule has 2 amide bonds. The highest BCUT2D eigenvalue weighted by Gasteiger charge is 2.26. The fourth-order valence-electron chi connectivity index (χ4n) is 3.27. The van der Waals surface area contributed by atoms with Gasteiger partial charge < -0.3 is 15.0 Å². The predicted octanol–water partition coefficient (Wildman–Crippen LogP) is 1.14. The van der Waals surface area contributed by atoms with E-state index in [0.717, 1.165) is 39.1 Å². The molecule has 2 heterocycles. The van der Waals surface area contributed by atoms with E-state index in [9.17, 15) is 9.59 Å². The Hall–Kier alpha value is -2.18. The number of ether oxygens (including phenoxy) is 1. The van der Waals surface area contributed by atoms with Crippen molar-refractivity contribution in [2.45, 2.75) is 18.9 Å². The van der Waals surface area contributed by atoms with E-state index < -0.39 is 11.8 Å². The zero-order valence-corrected chi connectivity index (χ0v) is 15.1. The molecule has 2 aliphatic heterocycles. The van der Waals surface area contributed by atoms with Gasteiger partial charge >= 0.3 is 11.8 Å². The van der Waals surface area contributed by atoms with Gasteiger partial charge in [0.25, 0.3) is 0 Å². The van der Waals surface area contributed by atoms with Crippen molar-refractivity contribution in [2.24, 2.45) is 0 Å². The summed E-state index contributed by atoms with van der Waals surface area (Å²) in [7, 11) is 0. The lowest BCUT2D eigenvalue weighted by atomic mass is 10.2. The first-order valence-corrected chi connectivity index (χ1v) is 9.35. The highest BCUT2D eigenvalue weighted by atomic mass is 16.5. The minimum absolute atomic E-state index is 0.0556. The van der Waals surface area contributed by atoms with Crippen molar-refractivity contribution in [1.29, 1.82) is 0 Å². The predicted molar refractivity (Wildman–Crippen MR) is 100 cm³/mol. The van der Waals surface area contributed by atoms with Gasteiger partial charge in [0.15, 0.2) is 0 Å². The molecule has 1 aromatic rings. The van der Waals surface area contributed by atoms with Gasteiger partial charge in [-0.3, -0.25) is 14.5 Å². The second-order valence-corrected chi connectivity index (χ2v) is 6.75. The third-order valence-electron chi connectivity index (χ3n) is 4.84. The molecule has 140 valence electrons. The van der Waals surface area contributed by atoms with E-state index >= 15 is 0 Å². The maximum atomic E-state index is 12.2. The molecule has 1 aromatic carbocycles. The van der Waals surface area contributed by atoms with Crippen LogP contribution in [0, 0.1) is 0 Å². The van der Waals surface area contributed by atoms with Gasteiger partial charge in [0.1, 0.15) is 0 Å². The Bertz CT molecular complexity index is 618. The highest BCUT2D eigenvalue weighted by Crippen LogP contribution is 2.10. The molecule has 6 nitrogen and oxygen atoms in total. The number of carbonyl (C=O) groups excluding carboxylic acids is 2. The molecule has 1 N–H and O–H groups in total. The van der Waals surface area contributed by atoms with E-state index in [2.05, 4.69) is 34.5 Å². The van der Waals surface area contributed by atoms with Crippen LogP contribution in [0.15, 0.2) is 36.4 Å². The van der Waals surface area contributed by atoms with Crippen LogP contribution in [0.25, 0.3) is 6.08 Å². The second kappa shape index (κ2) is 9.50. The van der Waals surface area contributed by atoms with Gasteiger partial charge in [-0.2, -0.15) is 0 Å². The summed E-state index contributed by atoms with van der Waals surface area (Å²) < 4.78 is 5.46. The van der Waals surface area contributed by atoms with Gasteiger partial charge in [0.05, 0.1) is 6.10 Å². The monoisotopic (exact) mass is 357 g/mol. The lowest BCUT2D eigenvalue weighted by Gasteiger charge is -2.33. The van der Waals surface area contributed by atoms with E-state index in [1.807, 2.05) is 18.2 Å². The maximum absolute atomic E-state index is 12.2. The van der Waals surface area contributed by atoms with Crippen LogP contribution in [0.5, 0.6) is 0 Å². The first-order chi connectivity index (χ1) is 12.7. The Morgan fingerprint density at radius 3 is 2.62 bits per heavy atom. The largest absolute Gasteiger partial charge is 0.376 e. The Morgan fingerprint density at radius 1 is 1.15 bits per heavy atom. The van der Waals surface area contributed by atoms with Crippen LogP contribution in [-0.4, -0.2) is 73.6 Å². The zero-order chi connectivity index (χ0) is 18.2. The van der Waals surface area contributed by atoms with Gasteiger partial charge in [-0.05, 0) is 18.4 Å². The SMILES string of the molecule is O=C(NCC1CCCO1)C(=O)N1CCN(C/C=C/c2ccccc2)CC1. The fourth-order valence-corrected chi connectivity index (χ4v) is 3.27. The summed E-state index contributed by atoms with van der Waals surface area (Å²) in [5.74, 6) is -0.944. The molecule has 1 atom stereocenters. The number of nitrogens with zero attached hydrogens (tertiary/aromatic N) is 2. The van der Waals surface area contributed by atoms with Crippen LogP contribution in [0.4, 0.5) is 0 Å². The summed E-state index contributed by atoms with van der Waals surface area (Å²) in [4.78, 5) is 28.2. The average Bonchev–Trinajstić information content (AvgIpc) is 3.20. The Balaban J connectivity index is 1.36. The molecule has 0 saturated carbocycles. The van der Waals surface area contributed by atoms with Crippen molar-refractivity contribution < 1.29 is 14.3 Å². The van der Waals surface area contributed by atoms with Crippen LogP contribution in [0.3, 0.4) is 0 Å². The van der Waals surface area contributed by atoms with Crippen molar-refractivity contribution in [2.75, 3.05) is 45.9 Å². The van der Waals surface area contributed by atoms with Crippen LogP contribution in [0.2, 0.25) is 0 Å². The number of nitrogens with one attached hydrogen (secondary N) is 1. The normalized spacial score (nSPS) is 21.2. The van der Waals surface area contributed by atoms with Crippen LogP contribution in [-0.2, 0) is 14.3 Å². The average molecular weight is 357 g/mol. The Kier molecular flexibility index (Phi) is 6.80. The molecule has 6 heteroatoms. The minimum atomic E-state index is -0.516. The first kappa shape index (κ1) is 18.6. The van der Waals surface area contributed by atoms with Crippen molar-refractivity contribution in [3.63, 3.8) is 0 Å². The number of hydrogen-bond donors (Lipinski definition) is 1. The van der Waals surface area contributed by atoms with Crippen molar-refractivity contribution in [3.05, 3.63) is 42.0 Å². The molecule has 0 radical (unpaired) electrons. The number of benzene rings is 1. The molecule has 0 aliphatic carbocycles. The molecule has 26 heavy (non-hydrogen) atoms. The lowest BCUT2D eigenvalue weighted by molar-refractivity contribution is -0.147. The molecular weight excluding hydrogens is 330 g/mol. The number of hydrogen-bond acceptors (Lipinski definition) is 4. The molecule has 0 bridgehead atoms. The van der Waals surface area contributed by atoms with Crippen molar-refractivity contribution >= 4 is 17.9 Å². The summed E-state index contributed by atoms with van der Waals surface area (Å²) in [6.07, 6.45) is 6.27. The van der Waals surface area contributed by atoms with Gasteiger partial charge in [-0.15, -0.1) is 0 Å². The van der Waals surface area contributed by atoms with Crippen LogP contribution in [0.1, 0.15) is 18.4 Å². The fraction of sp³-hybridized carbons (Fsp3) is 0.500. The number of carbonyl (C=O) groups is 2. The van der Waals surface area contributed by atoms with Gasteiger partial charge in [-0.1, -0.05) is 42.5 Å². The zero-order valence-electron chi connectivity index (χ0n) is 15.1. The van der Waals surface area contributed by atoms with Crippen molar-refractivity contribution in [1.82, 2.24) is 15.1 Å². The molecule has 0 aromatic heterocycles. The van der Waals surface area contributed by atoms with Gasteiger partial charge in [0.2, 0.25) is 0 Å². The highest BCUT2D eigenvalue weighted by molar-refractivity contribution is 6.35. The maximum Gasteiger partial charge on any atom is 0.311 e. The second-order valence-electron chi connectivity index (χ2n) is 6.75. The molecule has 2 saturated heterocycles. The molecule has 1 unspecified atom stereocenters. The number of amides is 2. The van der Waals surface area contributed by atoms with E-state index in [4.69, 9.17) is 4.74 Å². The van der Waals surface area contributed by atoms with Gasteiger partial charge in [-0.25, -0.2) is 0 Å². The molecule has 2 aliphatic rings. The van der Waals surface area contributed by atoms with E-state index in [0.29, 0.717) is 19.6 Å². The summed E-state index contributed by atoms with van der Waals surface area (Å²) in [6, 6.07) is 10.2. The summed E-state index contributed by atoms with van der Waals surface area (Å²) in [6.45, 7) is 4.76. The minimum Gasteiger partial charge on any atom is -0.376 e. The quantitative estimate of drug-likeness (QED) is 0.803. The standard InChI is InChI=1S/C20H27N3O3/c24-19(21-16-18-9-5-15-26-18)20(25)23-13-11-22(12-14-23)10-4-8-17-6-2-1-3-7-17/h1-4,6-8,18H,5,9-16H2,(H,21,24)/b8-4+. The topological polar surface area (TPSA) is 61.9 Å². The third-order valence-corrected chi connectivity index (χ3v) is 4.84. The molecular formula is C20H27N3O3. The number of rotatable bonds is 5. The van der Waals surface area contributed by atoms with E-state index in [1.165, 1.54) is 5.56 Å². The molecule has 0 spiro atoms. The molecule has 3 rings (SSSR count). The third kappa shape index (κ3) is 5.41. The van der Waals surface area contributed by atoms with Crippen LogP contribution < -0.4 is 5.32 Å². The van der Waals surface area contributed by atoms with E-state index in [1.54, 1.807) is 4.90 Å². The smallest absolute Gasteiger partial charge is 0.311 e. The van der Waals surface area contributed by atoms with Gasteiger partial charge in [0, 0.05) is 45.9 Å². The van der Waals surface area contributed by atoms with E-state index in [-0.39, 0.29) is 6.10 Å². The Morgan fingerprint density at radius 2 is 1.92 bits per heavy atom. The summed E-state index contributed by atoms with van der Waals surface area (Å²) >= 11 is 0. The number of piperazine rings is 1. The molecule has 2 fully saturated rings. The summed E-state index contributed by atoms with van der Waals surface area (Å²) in [5, 5.41) is 2.71.